The molecule has 1 amide bonds. The van der Waals surface area contributed by atoms with Crippen LogP contribution in [0.15, 0.2) is 60.7 Å². The van der Waals surface area contributed by atoms with Crippen molar-refractivity contribution in [2.45, 2.75) is 13.8 Å². The fourth-order valence-corrected chi connectivity index (χ4v) is 4.15. The molecule has 0 bridgehead atoms. The molecule has 1 aromatic heterocycles. The Balaban J connectivity index is 1.27. The molecule has 1 aliphatic heterocycles. The molecule has 0 spiro atoms. The Bertz CT molecular complexity index is 1190. The van der Waals surface area contributed by atoms with Crippen molar-refractivity contribution in [3.8, 4) is 11.4 Å². The molecule has 1 saturated heterocycles. The Kier molecular flexibility index (Phi) is 7.50. The lowest BCUT2D eigenvalue weighted by Crippen LogP contribution is -2.49. The quantitative estimate of drug-likeness (QED) is 0.386. The molecule has 0 atom stereocenters. The first-order chi connectivity index (χ1) is 17.0. The summed E-state index contributed by atoms with van der Waals surface area (Å²) >= 11 is 0. The maximum Gasteiger partial charge on any atom is 0.331 e. The predicted octanol–water partition coefficient (Wildman–Crippen LogP) is 3.40. The molecule has 8 nitrogen and oxygen atoms in total. The van der Waals surface area contributed by atoms with Crippen LogP contribution in [-0.4, -0.2) is 66.5 Å². The van der Waals surface area contributed by atoms with E-state index in [9.17, 15) is 9.59 Å². The molecular weight excluding hydrogens is 444 g/mol. The lowest BCUT2D eigenvalue weighted by atomic mass is 10.2. The van der Waals surface area contributed by atoms with Crippen LogP contribution in [0.25, 0.3) is 11.8 Å². The standard InChI is InChI=1S/C27H30N4O4/c1-20-25(21(2)31(28-20)23-7-5-4-6-8-23)13-14-27(33)35-19-26(32)30-17-15-29(16-18-30)22-9-11-24(34-3)12-10-22/h4-14H,15-19H2,1-3H3/b14-13+. The van der Waals surface area contributed by atoms with Crippen LogP contribution in [0, 0.1) is 13.8 Å². The van der Waals surface area contributed by atoms with Crippen molar-refractivity contribution in [3.05, 3.63) is 77.6 Å². The molecule has 182 valence electrons. The Morgan fingerprint density at radius 1 is 0.943 bits per heavy atom. The average Bonchev–Trinajstić information content (AvgIpc) is 3.19. The molecule has 0 saturated carbocycles. The third-order valence-electron chi connectivity index (χ3n) is 6.14. The van der Waals surface area contributed by atoms with Gasteiger partial charge in [-0.15, -0.1) is 0 Å². The van der Waals surface area contributed by atoms with Crippen molar-refractivity contribution >= 4 is 23.6 Å². The van der Waals surface area contributed by atoms with Crippen LogP contribution in [0.1, 0.15) is 17.0 Å². The van der Waals surface area contributed by atoms with Crippen molar-refractivity contribution in [2.75, 3.05) is 44.8 Å². The lowest BCUT2D eigenvalue weighted by Gasteiger charge is -2.36. The number of amides is 1. The number of methoxy groups -OCH3 is 1. The maximum atomic E-state index is 12.5. The van der Waals surface area contributed by atoms with Crippen LogP contribution in [0.3, 0.4) is 0 Å². The number of rotatable bonds is 7. The Morgan fingerprint density at radius 3 is 2.29 bits per heavy atom. The SMILES string of the molecule is COc1ccc(N2CCN(C(=O)COC(=O)/C=C/c3c(C)nn(-c4ccccc4)c3C)CC2)cc1. The smallest absolute Gasteiger partial charge is 0.331 e. The van der Waals surface area contributed by atoms with Gasteiger partial charge in [0.05, 0.1) is 18.5 Å². The second-order valence-electron chi connectivity index (χ2n) is 8.34. The minimum atomic E-state index is -0.554. The van der Waals surface area contributed by atoms with E-state index in [1.54, 1.807) is 18.1 Å². The van der Waals surface area contributed by atoms with E-state index in [4.69, 9.17) is 9.47 Å². The highest BCUT2D eigenvalue weighted by molar-refractivity contribution is 5.89. The predicted molar refractivity (Wildman–Crippen MR) is 135 cm³/mol. The van der Waals surface area contributed by atoms with E-state index in [-0.39, 0.29) is 12.5 Å². The van der Waals surface area contributed by atoms with Crippen molar-refractivity contribution < 1.29 is 19.1 Å². The van der Waals surface area contributed by atoms with Gasteiger partial charge in [0.1, 0.15) is 5.75 Å². The molecule has 0 N–H and O–H groups in total. The Hall–Kier alpha value is -4.07. The second kappa shape index (κ2) is 10.9. The first kappa shape index (κ1) is 24.1. The molecule has 2 aromatic carbocycles. The number of hydrogen-bond donors (Lipinski definition) is 0. The van der Waals surface area contributed by atoms with Crippen molar-refractivity contribution in [1.82, 2.24) is 14.7 Å². The third kappa shape index (κ3) is 5.71. The summed E-state index contributed by atoms with van der Waals surface area (Å²) in [4.78, 5) is 28.8. The molecule has 2 heterocycles. The van der Waals surface area contributed by atoms with Crippen LogP contribution in [-0.2, 0) is 14.3 Å². The topological polar surface area (TPSA) is 76.9 Å². The number of hydrogen-bond acceptors (Lipinski definition) is 6. The number of para-hydroxylation sites is 1. The molecule has 1 fully saturated rings. The summed E-state index contributed by atoms with van der Waals surface area (Å²) in [6.45, 7) is 6.17. The van der Waals surface area contributed by atoms with E-state index in [0.717, 1.165) is 47.2 Å². The average molecular weight is 475 g/mol. The number of esters is 1. The fourth-order valence-electron chi connectivity index (χ4n) is 4.15. The summed E-state index contributed by atoms with van der Waals surface area (Å²) < 4.78 is 12.3. The normalized spacial score (nSPS) is 13.8. The van der Waals surface area contributed by atoms with Crippen molar-refractivity contribution in [2.24, 2.45) is 0 Å². The van der Waals surface area contributed by atoms with Crippen LogP contribution >= 0.6 is 0 Å². The zero-order chi connectivity index (χ0) is 24.8. The summed E-state index contributed by atoms with van der Waals surface area (Å²) in [7, 11) is 1.64. The van der Waals surface area contributed by atoms with E-state index in [1.807, 2.05) is 73.1 Å². The van der Waals surface area contributed by atoms with Gasteiger partial charge in [-0.05, 0) is 56.3 Å². The molecule has 4 rings (SSSR count). The Morgan fingerprint density at radius 2 is 1.63 bits per heavy atom. The third-order valence-corrected chi connectivity index (χ3v) is 6.14. The lowest BCUT2D eigenvalue weighted by molar-refractivity contribution is -0.148. The zero-order valence-electron chi connectivity index (χ0n) is 20.3. The number of ether oxygens (including phenoxy) is 2. The highest BCUT2D eigenvalue weighted by Gasteiger charge is 2.22. The number of anilines is 1. The zero-order valence-corrected chi connectivity index (χ0v) is 20.3. The first-order valence-electron chi connectivity index (χ1n) is 11.6. The highest BCUT2D eigenvalue weighted by Crippen LogP contribution is 2.21. The van der Waals surface area contributed by atoms with Crippen LogP contribution in [0.5, 0.6) is 5.75 Å². The number of aromatic nitrogens is 2. The summed E-state index contributed by atoms with van der Waals surface area (Å²) in [5, 5.41) is 4.57. The minimum Gasteiger partial charge on any atom is -0.497 e. The monoisotopic (exact) mass is 474 g/mol. The number of nitrogens with zero attached hydrogens (tertiary/aromatic N) is 4. The van der Waals surface area contributed by atoms with Crippen molar-refractivity contribution in [1.29, 1.82) is 0 Å². The van der Waals surface area contributed by atoms with E-state index in [1.165, 1.54) is 6.08 Å². The highest BCUT2D eigenvalue weighted by atomic mass is 16.5. The number of aryl methyl sites for hydroxylation is 1. The van der Waals surface area contributed by atoms with E-state index >= 15 is 0 Å². The van der Waals surface area contributed by atoms with Gasteiger partial charge in [0.25, 0.3) is 5.91 Å². The van der Waals surface area contributed by atoms with Gasteiger partial charge in [0.2, 0.25) is 0 Å². The van der Waals surface area contributed by atoms with Gasteiger partial charge < -0.3 is 19.3 Å². The summed E-state index contributed by atoms with van der Waals surface area (Å²) in [6, 6.07) is 17.7. The summed E-state index contributed by atoms with van der Waals surface area (Å²) in [5.41, 5.74) is 4.63. The fraction of sp³-hybridized carbons (Fsp3) is 0.296. The van der Waals surface area contributed by atoms with Gasteiger partial charge in [-0.1, -0.05) is 18.2 Å². The van der Waals surface area contributed by atoms with Gasteiger partial charge in [0.15, 0.2) is 6.61 Å². The van der Waals surface area contributed by atoms with Crippen molar-refractivity contribution in [3.63, 3.8) is 0 Å². The molecule has 8 heteroatoms. The molecule has 1 aliphatic rings. The summed E-state index contributed by atoms with van der Waals surface area (Å²) in [5.74, 6) is 0.0700. The molecule has 0 radical (unpaired) electrons. The largest absolute Gasteiger partial charge is 0.497 e. The molecule has 0 aliphatic carbocycles. The van der Waals surface area contributed by atoms with Gasteiger partial charge in [-0.2, -0.15) is 5.10 Å². The number of carbonyl (C=O) groups excluding carboxylic acids is 2. The molecular formula is C27H30N4O4. The number of piperazine rings is 1. The second-order valence-corrected chi connectivity index (χ2v) is 8.34. The first-order valence-corrected chi connectivity index (χ1v) is 11.6. The van der Waals surface area contributed by atoms with Gasteiger partial charge >= 0.3 is 5.97 Å². The number of carbonyl (C=O) groups is 2. The van der Waals surface area contributed by atoms with Crippen LogP contribution < -0.4 is 9.64 Å². The van der Waals surface area contributed by atoms with Crippen LogP contribution in [0.4, 0.5) is 5.69 Å². The molecule has 3 aromatic rings. The van der Waals surface area contributed by atoms with E-state index in [2.05, 4.69) is 10.00 Å². The van der Waals surface area contributed by atoms with E-state index < -0.39 is 5.97 Å². The van der Waals surface area contributed by atoms with Gasteiger partial charge in [-0.25, -0.2) is 9.48 Å². The van der Waals surface area contributed by atoms with E-state index in [0.29, 0.717) is 13.1 Å². The van der Waals surface area contributed by atoms with Crippen LogP contribution in [0.2, 0.25) is 0 Å². The Labute approximate surface area is 205 Å². The molecule has 35 heavy (non-hydrogen) atoms. The summed E-state index contributed by atoms with van der Waals surface area (Å²) in [6.07, 6.45) is 3.04. The molecule has 0 unspecified atom stereocenters. The minimum absolute atomic E-state index is 0.189. The maximum absolute atomic E-state index is 12.5. The van der Waals surface area contributed by atoms with Gasteiger partial charge in [0, 0.05) is 49.2 Å². The van der Waals surface area contributed by atoms with Gasteiger partial charge in [-0.3, -0.25) is 4.79 Å². The number of benzene rings is 2.